The molecule has 1 fully saturated rings. The van der Waals surface area contributed by atoms with Gasteiger partial charge in [-0.2, -0.15) is 0 Å². The van der Waals surface area contributed by atoms with Crippen LogP contribution in [0.25, 0.3) is 0 Å². The number of ketones is 1. The van der Waals surface area contributed by atoms with Gasteiger partial charge in [-0.15, -0.1) is 11.3 Å². The van der Waals surface area contributed by atoms with Crippen LogP contribution in [0.4, 0.5) is 0 Å². The van der Waals surface area contributed by atoms with Gasteiger partial charge < -0.3 is 9.47 Å². The number of fused-ring (bicyclic) bond motifs is 1. The maximum Gasteiger partial charge on any atom is 0.330 e. The van der Waals surface area contributed by atoms with Crippen LogP contribution in [0.5, 0.6) is 0 Å². The Kier molecular flexibility index (Phi) is 3.78. The molecule has 0 N–H and O–H groups in total. The lowest BCUT2D eigenvalue weighted by atomic mass is 9.76. The molecule has 0 spiro atoms. The summed E-state index contributed by atoms with van der Waals surface area (Å²) < 4.78 is 11.0. The van der Waals surface area contributed by atoms with E-state index in [2.05, 4.69) is 0 Å². The van der Waals surface area contributed by atoms with E-state index in [4.69, 9.17) is 9.47 Å². The average molecular weight is 304 g/mol. The van der Waals surface area contributed by atoms with Crippen LogP contribution < -0.4 is 0 Å². The molecule has 2 heterocycles. The Labute approximate surface area is 127 Å². The van der Waals surface area contributed by atoms with Crippen LogP contribution in [0.1, 0.15) is 18.2 Å². The highest BCUT2D eigenvalue weighted by molar-refractivity contribution is 7.10. The summed E-state index contributed by atoms with van der Waals surface area (Å²) in [4.78, 5) is 24.5. The van der Waals surface area contributed by atoms with E-state index < -0.39 is 5.60 Å². The van der Waals surface area contributed by atoms with Gasteiger partial charge in [0.25, 0.3) is 0 Å². The number of thiophene rings is 1. The number of hydrogen-bond donors (Lipinski definition) is 0. The number of carbonyl (C=O) groups excluding carboxylic acids is 2. The Bertz CT molecular complexity index is 614. The zero-order chi connectivity index (χ0) is 14.9. The van der Waals surface area contributed by atoms with Gasteiger partial charge in [-0.05, 0) is 36.1 Å². The quantitative estimate of drug-likeness (QED) is 0.636. The third-order valence-corrected chi connectivity index (χ3v) is 4.86. The van der Waals surface area contributed by atoms with E-state index in [1.165, 1.54) is 6.08 Å². The molecule has 0 aromatic carbocycles. The largest absolute Gasteiger partial charge is 0.463 e. The molecule has 4 nitrogen and oxygen atoms in total. The third kappa shape index (κ3) is 2.47. The molecule has 1 aromatic heterocycles. The van der Waals surface area contributed by atoms with Crippen LogP contribution in [-0.4, -0.2) is 25.0 Å². The lowest BCUT2D eigenvalue weighted by Gasteiger charge is -2.32. The van der Waals surface area contributed by atoms with Crippen LogP contribution in [0.2, 0.25) is 0 Å². The van der Waals surface area contributed by atoms with E-state index in [9.17, 15) is 9.59 Å². The minimum atomic E-state index is -0.611. The molecule has 21 heavy (non-hydrogen) atoms. The molecule has 0 radical (unpaired) electrons. The van der Waals surface area contributed by atoms with Crippen LogP contribution in [0.3, 0.4) is 0 Å². The second kappa shape index (κ2) is 5.58. The zero-order valence-corrected chi connectivity index (χ0v) is 12.5. The molecule has 110 valence electrons. The Morgan fingerprint density at radius 3 is 3.19 bits per heavy atom. The Morgan fingerprint density at radius 2 is 2.48 bits per heavy atom. The molecule has 2 aliphatic rings. The Morgan fingerprint density at radius 1 is 1.62 bits per heavy atom. The highest BCUT2D eigenvalue weighted by atomic mass is 32.1. The van der Waals surface area contributed by atoms with Gasteiger partial charge in [0.15, 0.2) is 5.78 Å². The van der Waals surface area contributed by atoms with E-state index in [0.29, 0.717) is 19.6 Å². The van der Waals surface area contributed by atoms with Gasteiger partial charge in [-0.25, -0.2) is 4.79 Å². The van der Waals surface area contributed by atoms with Crippen molar-refractivity contribution in [2.45, 2.75) is 18.9 Å². The molecule has 1 saturated heterocycles. The van der Waals surface area contributed by atoms with Crippen molar-refractivity contribution in [2.24, 2.45) is 5.92 Å². The summed E-state index contributed by atoms with van der Waals surface area (Å²) in [5, 5.41) is 1.99. The molecular formula is C16H16O4S. The highest BCUT2D eigenvalue weighted by Gasteiger charge is 2.50. The van der Waals surface area contributed by atoms with Gasteiger partial charge in [0.05, 0.1) is 13.2 Å². The monoisotopic (exact) mass is 304 g/mol. The van der Waals surface area contributed by atoms with Crippen molar-refractivity contribution in [1.82, 2.24) is 0 Å². The number of allylic oxidation sites excluding steroid dienone is 1. The third-order valence-electron chi connectivity index (χ3n) is 3.86. The molecule has 1 unspecified atom stereocenters. The average Bonchev–Trinajstić information content (AvgIpc) is 3.09. The summed E-state index contributed by atoms with van der Waals surface area (Å²) in [7, 11) is 0. The van der Waals surface area contributed by atoms with Crippen molar-refractivity contribution in [3.05, 3.63) is 46.2 Å². The summed E-state index contributed by atoms with van der Waals surface area (Å²) in [6.45, 7) is 2.45. The molecular weight excluding hydrogens is 288 g/mol. The van der Waals surface area contributed by atoms with Gasteiger partial charge in [-0.3, -0.25) is 4.79 Å². The van der Waals surface area contributed by atoms with Crippen molar-refractivity contribution in [2.75, 3.05) is 13.2 Å². The summed E-state index contributed by atoms with van der Waals surface area (Å²) >= 11 is 1.60. The summed E-state index contributed by atoms with van der Waals surface area (Å²) in [6.07, 6.45) is 5.26. The first kappa shape index (κ1) is 14.2. The first-order valence-corrected chi connectivity index (χ1v) is 7.81. The molecule has 5 heteroatoms. The van der Waals surface area contributed by atoms with Crippen LogP contribution in [0, 0.1) is 5.92 Å². The zero-order valence-electron chi connectivity index (χ0n) is 11.7. The molecule has 1 aliphatic carbocycles. The SMILES string of the molecule is CCOC(=O)/C=C1/CO[C@]2(c3cccs3)C=CC(=O)CC12. The van der Waals surface area contributed by atoms with E-state index in [0.717, 1.165) is 10.5 Å². The van der Waals surface area contributed by atoms with Gasteiger partial charge in [0.2, 0.25) is 0 Å². The number of rotatable bonds is 3. The molecule has 1 aromatic rings. The van der Waals surface area contributed by atoms with E-state index in [1.54, 1.807) is 24.3 Å². The van der Waals surface area contributed by atoms with E-state index in [1.807, 2.05) is 23.6 Å². The maximum atomic E-state index is 11.8. The minimum Gasteiger partial charge on any atom is -0.463 e. The van der Waals surface area contributed by atoms with Gasteiger partial charge >= 0.3 is 5.97 Å². The fourth-order valence-corrected chi connectivity index (χ4v) is 3.83. The fourth-order valence-electron chi connectivity index (χ4n) is 2.92. The van der Waals surface area contributed by atoms with Gasteiger partial charge in [0.1, 0.15) is 5.60 Å². The van der Waals surface area contributed by atoms with E-state index >= 15 is 0 Å². The molecule has 0 saturated carbocycles. The van der Waals surface area contributed by atoms with Crippen LogP contribution in [0.15, 0.2) is 41.3 Å². The molecule has 0 amide bonds. The lowest BCUT2D eigenvalue weighted by Crippen LogP contribution is -2.34. The highest BCUT2D eigenvalue weighted by Crippen LogP contribution is 2.50. The van der Waals surface area contributed by atoms with Gasteiger partial charge in [-0.1, -0.05) is 6.07 Å². The summed E-state index contributed by atoms with van der Waals surface area (Å²) in [6, 6.07) is 3.97. The standard InChI is InChI=1S/C16H16O4S/c1-2-19-15(18)8-11-10-20-16(14-4-3-7-21-14)6-5-12(17)9-13(11)16/h3-8,13H,2,9-10H2,1H3/b11-8-/t13?,16-/m1/s1. The van der Waals surface area contributed by atoms with Gasteiger partial charge in [0, 0.05) is 23.3 Å². The lowest BCUT2D eigenvalue weighted by molar-refractivity contribution is -0.137. The molecule has 1 aliphatic heterocycles. The molecule has 0 bridgehead atoms. The summed E-state index contributed by atoms with van der Waals surface area (Å²) in [5.41, 5.74) is 0.222. The predicted octanol–water partition coefficient (Wildman–Crippen LogP) is 2.61. The number of ether oxygens (including phenoxy) is 2. The normalized spacial score (nSPS) is 29.7. The first-order valence-electron chi connectivity index (χ1n) is 6.93. The maximum absolute atomic E-state index is 11.8. The summed E-state index contributed by atoms with van der Waals surface area (Å²) in [5.74, 6) is -0.439. The topological polar surface area (TPSA) is 52.6 Å². The number of esters is 1. The number of hydrogen-bond acceptors (Lipinski definition) is 5. The fraction of sp³-hybridized carbons (Fsp3) is 0.375. The second-order valence-electron chi connectivity index (χ2n) is 5.09. The smallest absolute Gasteiger partial charge is 0.330 e. The van der Waals surface area contributed by atoms with Crippen molar-refractivity contribution in [3.8, 4) is 0 Å². The van der Waals surface area contributed by atoms with Crippen molar-refractivity contribution in [1.29, 1.82) is 0 Å². The predicted molar refractivity (Wildman–Crippen MR) is 78.9 cm³/mol. The Balaban J connectivity index is 1.98. The minimum absolute atomic E-state index is 0.0624. The van der Waals surface area contributed by atoms with Crippen LogP contribution >= 0.6 is 11.3 Å². The second-order valence-corrected chi connectivity index (χ2v) is 6.03. The molecule has 2 atom stereocenters. The van der Waals surface area contributed by atoms with Crippen molar-refractivity contribution in [3.63, 3.8) is 0 Å². The van der Waals surface area contributed by atoms with Crippen LogP contribution in [-0.2, 0) is 24.7 Å². The number of carbonyl (C=O) groups is 2. The van der Waals surface area contributed by atoms with E-state index in [-0.39, 0.29) is 17.7 Å². The van der Waals surface area contributed by atoms with Crippen molar-refractivity contribution < 1.29 is 19.1 Å². The molecule has 3 rings (SSSR count). The van der Waals surface area contributed by atoms with Crippen molar-refractivity contribution >= 4 is 23.1 Å². The first-order chi connectivity index (χ1) is 10.2. The Hall–Kier alpha value is -1.72.